The van der Waals surface area contributed by atoms with Gasteiger partial charge in [-0.15, -0.1) is 0 Å². The van der Waals surface area contributed by atoms with E-state index in [0.717, 1.165) is 16.5 Å². The van der Waals surface area contributed by atoms with Crippen LogP contribution in [0.5, 0.6) is 0 Å². The third-order valence-corrected chi connectivity index (χ3v) is 5.61. The topological polar surface area (TPSA) is 101 Å². The Labute approximate surface area is 161 Å². The Morgan fingerprint density at radius 2 is 1.79 bits per heavy atom. The van der Waals surface area contributed by atoms with Crippen molar-refractivity contribution in [3.63, 3.8) is 0 Å². The smallest absolute Gasteiger partial charge is 0.262 e. The first kappa shape index (κ1) is 17.7. The van der Waals surface area contributed by atoms with E-state index in [1.165, 1.54) is 23.0 Å². The number of hydrogen-bond donors (Lipinski definition) is 1. The molecule has 8 heteroatoms. The number of hydrogen-bond acceptors (Lipinski definition) is 5. The molecule has 0 fully saturated rings. The summed E-state index contributed by atoms with van der Waals surface area (Å²) >= 11 is 0. The summed E-state index contributed by atoms with van der Waals surface area (Å²) in [4.78, 5) is 4.62. The average Bonchev–Trinajstić information content (AvgIpc) is 3.09. The molecular weight excluding hydrogens is 374 g/mol. The highest BCUT2D eigenvalue weighted by atomic mass is 32.2. The molecular formula is C20H15N5O2S. The number of nitrogens with zero attached hydrogens (tertiary/aromatic N) is 4. The van der Waals surface area contributed by atoms with Gasteiger partial charge in [-0.3, -0.25) is 4.72 Å². The monoisotopic (exact) mass is 389 g/mol. The van der Waals surface area contributed by atoms with Gasteiger partial charge in [0.2, 0.25) is 0 Å². The van der Waals surface area contributed by atoms with Gasteiger partial charge in [0, 0.05) is 5.39 Å². The molecule has 0 radical (unpaired) electrons. The minimum absolute atomic E-state index is 0.0471. The van der Waals surface area contributed by atoms with E-state index in [9.17, 15) is 13.7 Å². The van der Waals surface area contributed by atoms with Gasteiger partial charge in [0.25, 0.3) is 10.0 Å². The van der Waals surface area contributed by atoms with Crippen LogP contribution < -0.4 is 4.72 Å². The largest absolute Gasteiger partial charge is 0.263 e. The number of nitrogens with one attached hydrogen (secondary N) is 1. The quantitative estimate of drug-likeness (QED) is 0.576. The Morgan fingerprint density at radius 1 is 1.04 bits per heavy atom. The first-order valence-corrected chi connectivity index (χ1v) is 9.90. The first-order valence-electron chi connectivity index (χ1n) is 8.42. The molecule has 1 N–H and O–H groups in total. The molecule has 0 unspecified atom stereocenters. The minimum Gasteiger partial charge on any atom is -0.262 e. The second-order valence-corrected chi connectivity index (χ2v) is 7.89. The molecule has 4 aromatic rings. The molecule has 0 aliphatic carbocycles. The van der Waals surface area contributed by atoms with Crippen LogP contribution in [-0.2, 0) is 10.0 Å². The van der Waals surface area contributed by atoms with Crippen LogP contribution in [0, 0.1) is 18.3 Å². The summed E-state index contributed by atoms with van der Waals surface area (Å²) in [5.74, 6) is 0.452. The van der Waals surface area contributed by atoms with Gasteiger partial charge in [-0.2, -0.15) is 15.0 Å². The molecule has 0 aliphatic rings. The highest BCUT2D eigenvalue weighted by molar-refractivity contribution is 7.92. The van der Waals surface area contributed by atoms with Crippen molar-refractivity contribution in [3.8, 4) is 11.9 Å². The van der Waals surface area contributed by atoms with Crippen molar-refractivity contribution in [1.82, 2.24) is 14.8 Å². The number of rotatable bonds is 4. The third-order valence-electron chi connectivity index (χ3n) is 4.25. The van der Waals surface area contributed by atoms with Crippen molar-refractivity contribution >= 4 is 26.7 Å². The van der Waals surface area contributed by atoms with E-state index in [1.807, 2.05) is 43.3 Å². The summed E-state index contributed by atoms with van der Waals surface area (Å²) in [5, 5.41) is 14.5. The van der Waals surface area contributed by atoms with E-state index in [-0.39, 0.29) is 16.3 Å². The molecule has 0 amide bonds. The van der Waals surface area contributed by atoms with Crippen LogP contribution in [0.2, 0.25) is 0 Å². The lowest BCUT2D eigenvalue weighted by Gasteiger charge is -2.11. The van der Waals surface area contributed by atoms with Crippen LogP contribution in [0.3, 0.4) is 0 Å². The summed E-state index contributed by atoms with van der Waals surface area (Å²) in [6.07, 6.45) is 1.31. The van der Waals surface area contributed by atoms with Crippen molar-refractivity contribution in [1.29, 1.82) is 5.26 Å². The molecule has 0 saturated carbocycles. The van der Waals surface area contributed by atoms with Gasteiger partial charge in [-0.1, -0.05) is 35.9 Å². The molecule has 0 spiro atoms. The number of pyridine rings is 1. The lowest BCUT2D eigenvalue weighted by atomic mass is 10.2. The highest BCUT2D eigenvalue weighted by Gasteiger charge is 2.21. The highest BCUT2D eigenvalue weighted by Crippen LogP contribution is 2.24. The number of anilines is 1. The van der Waals surface area contributed by atoms with Gasteiger partial charge >= 0.3 is 0 Å². The van der Waals surface area contributed by atoms with Crippen molar-refractivity contribution in [3.05, 3.63) is 78.0 Å². The molecule has 2 aromatic carbocycles. The predicted octanol–water partition coefficient (Wildman–Crippen LogP) is 3.40. The maximum absolute atomic E-state index is 12.8. The van der Waals surface area contributed by atoms with E-state index in [0.29, 0.717) is 5.82 Å². The first-order chi connectivity index (χ1) is 13.5. The Morgan fingerprint density at radius 3 is 2.54 bits per heavy atom. The summed E-state index contributed by atoms with van der Waals surface area (Å²) in [7, 11) is -3.90. The fraction of sp³-hybridized carbons (Fsp3) is 0.0500. The summed E-state index contributed by atoms with van der Waals surface area (Å²) < 4.78 is 29.4. The normalized spacial score (nSPS) is 11.3. The van der Waals surface area contributed by atoms with Crippen molar-refractivity contribution in [2.24, 2.45) is 0 Å². The Hall–Kier alpha value is -3.70. The van der Waals surface area contributed by atoms with E-state index in [1.54, 1.807) is 18.2 Å². The molecule has 2 heterocycles. The molecule has 138 valence electrons. The molecule has 28 heavy (non-hydrogen) atoms. The minimum atomic E-state index is -3.90. The number of para-hydroxylation sites is 1. The van der Waals surface area contributed by atoms with Gasteiger partial charge in [0.1, 0.15) is 11.6 Å². The number of aryl methyl sites for hydroxylation is 1. The van der Waals surface area contributed by atoms with Crippen molar-refractivity contribution in [2.75, 3.05) is 4.72 Å². The summed E-state index contributed by atoms with van der Waals surface area (Å²) in [6.45, 7) is 1.87. The number of fused-ring (bicyclic) bond motifs is 1. The molecule has 7 nitrogen and oxygen atoms in total. The van der Waals surface area contributed by atoms with Gasteiger partial charge in [-0.25, -0.2) is 13.4 Å². The van der Waals surface area contributed by atoms with Crippen molar-refractivity contribution in [2.45, 2.75) is 11.8 Å². The van der Waals surface area contributed by atoms with E-state index in [2.05, 4.69) is 14.8 Å². The van der Waals surface area contributed by atoms with Crippen LogP contribution in [0.4, 0.5) is 5.82 Å². The Kier molecular flexibility index (Phi) is 4.29. The van der Waals surface area contributed by atoms with Crippen LogP contribution in [0.15, 0.2) is 71.8 Å². The number of benzene rings is 2. The third kappa shape index (κ3) is 3.19. The number of nitriles is 1. The molecule has 4 rings (SSSR count). The zero-order valence-corrected chi connectivity index (χ0v) is 15.7. The van der Waals surface area contributed by atoms with Crippen molar-refractivity contribution < 1.29 is 8.42 Å². The number of aromatic nitrogens is 3. The predicted molar refractivity (Wildman–Crippen MR) is 106 cm³/mol. The van der Waals surface area contributed by atoms with Crippen LogP contribution in [-0.4, -0.2) is 23.2 Å². The molecule has 2 aromatic heterocycles. The maximum Gasteiger partial charge on any atom is 0.263 e. The van der Waals surface area contributed by atoms with E-state index in [4.69, 9.17) is 0 Å². The van der Waals surface area contributed by atoms with Crippen LogP contribution in [0.25, 0.3) is 16.7 Å². The zero-order valence-electron chi connectivity index (χ0n) is 14.9. The Balaban J connectivity index is 1.80. The molecule has 0 bridgehead atoms. The molecule has 0 saturated heterocycles. The summed E-state index contributed by atoms with van der Waals surface area (Å²) in [5.41, 5.74) is 1.79. The van der Waals surface area contributed by atoms with Gasteiger partial charge in [0.05, 0.1) is 16.6 Å². The average molecular weight is 389 g/mol. The molecule has 0 atom stereocenters. The Bertz CT molecular complexity index is 1320. The zero-order chi connectivity index (χ0) is 19.7. The standard InChI is InChI=1S/C20H15N5O2S/c1-14-6-9-17(10-7-14)28(26,27)24-20-16(12-21)13-22-25(20)19-11-8-15-4-2-3-5-18(15)23-19/h2-11,13,24H,1H3. The van der Waals surface area contributed by atoms with Gasteiger partial charge < -0.3 is 0 Å². The second kappa shape index (κ2) is 6.79. The molecule has 0 aliphatic heterocycles. The van der Waals surface area contributed by atoms with E-state index >= 15 is 0 Å². The lowest BCUT2D eigenvalue weighted by Crippen LogP contribution is -2.17. The fourth-order valence-electron chi connectivity index (χ4n) is 2.78. The SMILES string of the molecule is Cc1ccc(S(=O)(=O)Nc2c(C#N)cnn2-c2ccc3ccccc3n2)cc1. The van der Waals surface area contributed by atoms with Gasteiger partial charge in [-0.05, 0) is 37.3 Å². The van der Waals surface area contributed by atoms with Crippen LogP contribution in [0.1, 0.15) is 11.1 Å². The van der Waals surface area contributed by atoms with E-state index < -0.39 is 10.0 Å². The lowest BCUT2D eigenvalue weighted by molar-refractivity contribution is 0.600. The fourth-order valence-corrected chi connectivity index (χ4v) is 3.84. The van der Waals surface area contributed by atoms with Gasteiger partial charge in [0.15, 0.2) is 11.6 Å². The second-order valence-electron chi connectivity index (χ2n) is 6.21. The van der Waals surface area contributed by atoms with Crippen LogP contribution >= 0.6 is 0 Å². The maximum atomic E-state index is 12.8. The summed E-state index contributed by atoms with van der Waals surface area (Å²) in [6, 6.07) is 19.6. The number of sulfonamides is 1.